The first-order chi connectivity index (χ1) is 11.5. The number of rotatable bonds is 8. The number of nitriles is 1. The fourth-order valence-corrected chi connectivity index (χ4v) is 2.25. The molecule has 0 saturated carbocycles. The third-order valence-electron chi connectivity index (χ3n) is 3.56. The first kappa shape index (κ1) is 19.5. The van der Waals surface area contributed by atoms with Crippen LogP contribution in [0.2, 0.25) is 0 Å². The number of nitrogens with zero attached hydrogens (tertiary/aromatic N) is 2. The molecule has 1 amide bonds. The van der Waals surface area contributed by atoms with E-state index in [4.69, 9.17) is 10.00 Å². The third kappa shape index (κ3) is 5.91. The molecule has 0 aromatic heterocycles. The molecule has 0 radical (unpaired) electrons. The average molecular weight is 337 g/mol. The molecular formula is C16H23N3O5. The highest BCUT2D eigenvalue weighted by atomic mass is 16.5. The van der Waals surface area contributed by atoms with Gasteiger partial charge in [0.1, 0.15) is 12.1 Å². The molecule has 132 valence electrons. The van der Waals surface area contributed by atoms with Gasteiger partial charge in [0.15, 0.2) is 5.57 Å². The lowest BCUT2D eigenvalue weighted by Gasteiger charge is -2.33. The number of carbonyl (C=O) groups is 3. The van der Waals surface area contributed by atoms with Crippen molar-refractivity contribution in [1.82, 2.24) is 10.2 Å². The molecular weight excluding hydrogens is 314 g/mol. The van der Waals surface area contributed by atoms with Crippen molar-refractivity contribution in [2.24, 2.45) is 0 Å². The van der Waals surface area contributed by atoms with Gasteiger partial charge in [-0.2, -0.15) is 5.26 Å². The Hall–Kier alpha value is -2.56. The summed E-state index contributed by atoms with van der Waals surface area (Å²) in [6.07, 6.45) is 3.89. The minimum atomic E-state index is -0.814. The Morgan fingerprint density at radius 3 is 2.83 bits per heavy atom. The lowest BCUT2D eigenvalue weighted by atomic mass is 10.1. The molecule has 0 bridgehead atoms. The molecule has 1 saturated heterocycles. The molecule has 1 heterocycles. The van der Waals surface area contributed by atoms with Crippen LogP contribution in [0.15, 0.2) is 11.8 Å². The molecule has 1 fully saturated rings. The van der Waals surface area contributed by atoms with Gasteiger partial charge in [-0.25, -0.2) is 4.79 Å². The molecule has 0 aromatic carbocycles. The van der Waals surface area contributed by atoms with Crippen LogP contribution in [0.25, 0.3) is 0 Å². The summed E-state index contributed by atoms with van der Waals surface area (Å²) >= 11 is 0. The predicted octanol–water partition coefficient (Wildman–Crippen LogP) is 0.491. The molecule has 8 nitrogen and oxygen atoms in total. The van der Waals surface area contributed by atoms with E-state index in [0.29, 0.717) is 19.7 Å². The Balaban J connectivity index is 2.74. The van der Waals surface area contributed by atoms with Crippen LogP contribution >= 0.6 is 0 Å². The number of unbranched alkanes of at least 4 members (excludes halogenated alkanes) is 2. The summed E-state index contributed by atoms with van der Waals surface area (Å²) in [6, 6.07) is 0.920. The average Bonchev–Trinajstić information content (AvgIpc) is 2.58. The largest absolute Gasteiger partial charge is 0.466 e. The maximum Gasteiger partial charge on any atom is 0.350 e. The van der Waals surface area contributed by atoms with E-state index >= 15 is 0 Å². The van der Waals surface area contributed by atoms with E-state index in [1.165, 1.54) is 18.2 Å². The van der Waals surface area contributed by atoms with E-state index in [1.807, 2.05) is 6.92 Å². The second kappa shape index (κ2) is 10.3. The van der Waals surface area contributed by atoms with E-state index in [1.54, 1.807) is 6.07 Å². The van der Waals surface area contributed by atoms with Crippen LogP contribution in [-0.2, 0) is 23.9 Å². The Labute approximate surface area is 141 Å². The highest BCUT2D eigenvalue weighted by Crippen LogP contribution is 2.13. The van der Waals surface area contributed by atoms with E-state index < -0.39 is 18.0 Å². The number of ether oxygens (including phenoxy) is 2. The van der Waals surface area contributed by atoms with Crippen LogP contribution in [0.4, 0.5) is 0 Å². The smallest absolute Gasteiger partial charge is 0.350 e. The summed E-state index contributed by atoms with van der Waals surface area (Å²) in [6.45, 7) is 3.11. The highest BCUT2D eigenvalue weighted by molar-refractivity contribution is 5.93. The molecule has 1 N–H and O–H groups in total. The minimum absolute atomic E-state index is 0.145. The van der Waals surface area contributed by atoms with Gasteiger partial charge < -0.3 is 19.7 Å². The predicted molar refractivity (Wildman–Crippen MR) is 84.3 cm³/mol. The Kier molecular flexibility index (Phi) is 8.33. The van der Waals surface area contributed by atoms with Crippen molar-refractivity contribution in [3.8, 4) is 6.07 Å². The van der Waals surface area contributed by atoms with E-state index in [2.05, 4.69) is 10.1 Å². The van der Waals surface area contributed by atoms with Crippen molar-refractivity contribution in [3.63, 3.8) is 0 Å². The van der Waals surface area contributed by atoms with Crippen LogP contribution in [-0.4, -0.2) is 55.6 Å². The normalized spacial score (nSPS) is 17.7. The molecule has 1 aliphatic rings. The first-order valence-electron chi connectivity index (χ1n) is 7.92. The van der Waals surface area contributed by atoms with Crippen LogP contribution in [0.5, 0.6) is 0 Å². The fourth-order valence-electron chi connectivity index (χ4n) is 2.25. The van der Waals surface area contributed by atoms with Crippen LogP contribution in [0, 0.1) is 11.3 Å². The number of amides is 1. The lowest BCUT2D eigenvalue weighted by Crippen LogP contribution is -2.54. The summed E-state index contributed by atoms with van der Waals surface area (Å²) < 4.78 is 9.64. The zero-order chi connectivity index (χ0) is 17.9. The van der Waals surface area contributed by atoms with Gasteiger partial charge in [0.25, 0.3) is 0 Å². The molecule has 1 rings (SSSR count). The summed E-state index contributed by atoms with van der Waals surface area (Å²) in [5.74, 6) is -1.61. The van der Waals surface area contributed by atoms with E-state index in [9.17, 15) is 14.4 Å². The van der Waals surface area contributed by atoms with Gasteiger partial charge in [-0.3, -0.25) is 9.59 Å². The molecule has 0 spiro atoms. The summed E-state index contributed by atoms with van der Waals surface area (Å²) in [7, 11) is 1.17. The second-order valence-corrected chi connectivity index (χ2v) is 5.32. The number of hydrogen-bond acceptors (Lipinski definition) is 7. The number of hydrogen-bond donors (Lipinski definition) is 1. The molecule has 8 heteroatoms. The SMILES string of the molecule is CCCCCOC(=O)CC1C(=O)NCCN1/C=C(\C#N)C(=O)OC. The minimum Gasteiger partial charge on any atom is -0.466 e. The zero-order valence-electron chi connectivity index (χ0n) is 14.0. The monoisotopic (exact) mass is 337 g/mol. The Bertz CT molecular complexity index is 538. The Morgan fingerprint density at radius 2 is 2.21 bits per heavy atom. The van der Waals surface area contributed by atoms with Crippen molar-refractivity contribution >= 4 is 17.8 Å². The van der Waals surface area contributed by atoms with Gasteiger partial charge in [0, 0.05) is 19.3 Å². The molecule has 0 aliphatic carbocycles. The van der Waals surface area contributed by atoms with Gasteiger partial charge in [-0.1, -0.05) is 19.8 Å². The maximum atomic E-state index is 12.0. The second-order valence-electron chi connectivity index (χ2n) is 5.32. The van der Waals surface area contributed by atoms with Crippen LogP contribution in [0.1, 0.15) is 32.6 Å². The van der Waals surface area contributed by atoms with Gasteiger partial charge in [0.2, 0.25) is 5.91 Å². The topological polar surface area (TPSA) is 109 Å². The number of esters is 2. The van der Waals surface area contributed by atoms with Gasteiger partial charge in [-0.15, -0.1) is 0 Å². The molecule has 1 unspecified atom stereocenters. The Morgan fingerprint density at radius 1 is 1.46 bits per heavy atom. The van der Waals surface area contributed by atoms with Crippen LogP contribution in [0.3, 0.4) is 0 Å². The number of carbonyl (C=O) groups excluding carboxylic acids is 3. The first-order valence-corrected chi connectivity index (χ1v) is 7.92. The number of piperazine rings is 1. The quantitative estimate of drug-likeness (QED) is 0.297. The van der Waals surface area contributed by atoms with E-state index in [0.717, 1.165) is 19.3 Å². The molecule has 24 heavy (non-hydrogen) atoms. The van der Waals surface area contributed by atoms with Gasteiger partial charge in [0.05, 0.1) is 20.1 Å². The zero-order valence-corrected chi connectivity index (χ0v) is 14.0. The maximum absolute atomic E-state index is 12.0. The molecule has 0 aromatic rings. The van der Waals surface area contributed by atoms with Crippen molar-refractivity contribution in [3.05, 3.63) is 11.8 Å². The van der Waals surface area contributed by atoms with Gasteiger partial charge in [-0.05, 0) is 6.42 Å². The van der Waals surface area contributed by atoms with Crippen molar-refractivity contribution in [2.45, 2.75) is 38.6 Å². The summed E-state index contributed by atoms with van der Waals surface area (Å²) in [5.41, 5.74) is -0.228. The number of methoxy groups -OCH3 is 1. The van der Waals surface area contributed by atoms with Crippen molar-refractivity contribution in [1.29, 1.82) is 5.26 Å². The molecule has 1 atom stereocenters. The van der Waals surface area contributed by atoms with Crippen molar-refractivity contribution in [2.75, 3.05) is 26.8 Å². The lowest BCUT2D eigenvalue weighted by molar-refractivity contribution is -0.147. The van der Waals surface area contributed by atoms with E-state index in [-0.39, 0.29) is 17.9 Å². The highest BCUT2D eigenvalue weighted by Gasteiger charge is 2.31. The fraction of sp³-hybridized carbons (Fsp3) is 0.625. The third-order valence-corrected chi connectivity index (χ3v) is 3.56. The van der Waals surface area contributed by atoms with Crippen molar-refractivity contribution < 1.29 is 23.9 Å². The van der Waals surface area contributed by atoms with Crippen LogP contribution < -0.4 is 5.32 Å². The van der Waals surface area contributed by atoms with Gasteiger partial charge >= 0.3 is 11.9 Å². The summed E-state index contributed by atoms with van der Waals surface area (Å²) in [4.78, 5) is 36.9. The standard InChI is InChI=1S/C16H23N3O5/c1-3-4-5-8-24-14(20)9-13-15(21)18-6-7-19(13)11-12(10-17)16(22)23-2/h11,13H,3-9H2,1-2H3,(H,18,21)/b12-11+. The molecule has 1 aliphatic heterocycles. The number of nitrogens with one attached hydrogen (secondary N) is 1. The summed E-state index contributed by atoms with van der Waals surface area (Å²) in [5, 5.41) is 11.7.